The monoisotopic (exact) mass is 408 g/mol. The molecule has 2 heterocycles. The van der Waals surface area contributed by atoms with Crippen LogP contribution >= 0.6 is 34.4 Å². The Kier molecular flexibility index (Phi) is 6.70. The Morgan fingerprint density at radius 3 is 2.77 bits per heavy atom. The highest BCUT2D eigenvalue weighted by Gasteiger charge is 2.11. The lowest BCUT2D eigenvalue weighted by atomic mass is 10.2. The summed E-state index contributed by atoms with van der Waals surface area (Å²) in [5.74, 6) is 2.19. The predicted octanol–water partition coefficient (Wildman–Crippen LogP) is 4.79. The highest BCUT2D eigenvalue weighted by molar-refractivity contribution is 8.00. The molecule has 0 saturated carbocycles. The van der Waals surface area contributed by atoms with Crippen LogP contribution in [0.2, 0.25) is 0 Å². The third-order valence-electron chi connectivity index (χ3n) is 3.46. The fraction of sp³-hybridized carbons (Fsp3) is 0.353. The van der Waals surface area contributed by atoms with Crippen molar-refractivity contribution >= 4 is 39.6 Å². The van der Waals surface area contributed by atoms with Crippen LogP contribution in [0.1, 0.15) is 19.0 Å². The van der Waals surface area contributed by atoms with Crippen LogP contribution in [0.5, 0.6) is 11.5 Å². The fourth-order valence-electron chi connectivity index (χ4n) is 2.18. The summed E-state index contributed by atoms with van der Waals surface area (Å²) in [5.41, 5.74) is 2.05. The van der Waals surface area contributed by atoms with Gasteiger partial charge in [-0.2, -0.15) is 0 Å². The first kappa shape index (κ1) is 18.9. The summed E-state index contributed by atoms with van der Waals surface area (Å²) >= 11 is 4.85. The number of nitrogens with zero attached hydrogens (tertiary/aromatic N) is 3. The van der Waals surface area contributed by atoms with Gasteiger partial charge < -0.3 is 14.8 Å². The van der Waals surface area contributed by atoms with E-state index >= 15 is 0 Å². The maximum Gasteiger partial charge on any atom is 0.206 e. The lowest BCUT2D eigenvalue weighted by Crippen LogP contribution is -1.98. The van der Waals surface area contributed by atoms with Gasteiger partial charge in [0.2, 0.25) is 5.13 Å². The number of methoxy groups -OCH3 is 2. The molecule has 0 spiro atoms. The number of hydrogen-bond acceptors (Lipinski definition) is 9. The minimum absolute atomic E-state index is 0.706. The second-order valence-electron chi connectivity index (χ2n) is 5.30. The number of anilines is 1. The lowest BCUT2D eigenvalue weighted by Gasteiger charge is -2.08. The van der Waals surface area contributed by atoms with Gasteiger partial charge in [0.25, 0.3) is 0 Å². The average Bonchev–Trinajstić information content (AvgIpc) is 3.33. The number of rotatable bonds is 9. The molecule has 3 rings (SSSR count). The molecule has 0 aliphatic carbocycles. The van der Waals surface area contributed by atoms with E-state index in [0.29, 0.717) is 11.5 Å². The standard InChI is InChI=1S/C17H20N4O2S3/c1-4-7-18-16-20-21-17(26-16)25-10-12-9-24-15(19-12)11-5-6-13(22-2)14(8-11)23-3/h5-6,8-9H,4,7,10H2,1-3H3,(H,18,20). The van der Waals surface area contributed by atoms with E-state index in [1.807, 2.05) is 18.2 Å². The normalized spacial score (nSPS) is 10.7. The van der Waals surface area contributed by atoms with Gasteiger partial charge in [-0.15, -0.1) is 21.5 Å². The van der Waals surface area contributed by atoms with Gasteiger partial charge in [0.05, 0.1) is 19.9 Å². The van der Waals surface area contributed by atoms with Crippen molar-refractivity contribution in [3.05, 3.63) is 29.3 Å². The minimum atomic E-state index is 0.706. The summed E-state index contributed by atoms with van der Waals surface area (Å²) in [5, 5.41) is 15.5. The SMILES string of the molecule is CCCNc1nnc(SCc2csc(-c3ccc(OC)c(OC)c3)n2)s1. The third-order valence-corrected chi connectivity index (χ3v) is 6.45. The van der Waals surface area contributed by atoms with Crippen molar-refractivity contribution in [1.29, 1.82) is 0 Å². The van der Waals surface area contributed by atoms with Crippen molar-refractivity contribution in [2.24, 2.45) is 0 Å². The van der Waals surface area contributed by atoms with Crippen molar-refractivity contribution in [2.75, 3.05) is 26.1 Å². The molecule has 0 unspecified atom stereocenters. The van der Waals surface area contributed by atoms with E-state index in [1.54, 1.807) is 48.7 Å². The van der Waals surface area contributed by atoms with Gasteiger partial charge >= 0.3 is 0 Å². The quantitative estimate of drug-likeness (QED) is 0.510. The maximum absolute atomic E-state index is 5.37. The van der Waals surface area contributed by atoms with Crippen LogP contribution in [0.3, 0.4) is 0 Å². The Morgan fingerprint density at radius 1 is 1.15 bits per heavy atom. The minimum Gasteiger partial charge on any atom is -0.493 e. The molecule has 26 heavy (non-hydrogen) atoms. The van der Waals surface area contributed by atoms with Crippen molar-refractivity contribution in [2.45, 2.75) is 23.4 Å². The van der Waals surface area contributed by atoms with Crippen molar-refractivity contribution < 1.29 is 9.47 Å². The summed E-state index contributed by atoms with van der Waals surface area (Å²) in [6.07, 6.45) is 1.07. The molecule has 0 saturated heterocycles. The molecule has 0 fully saturated rings. The molecule has 1 aromatic carbocycles. The van der Waals surface area contributed by atoms with E-state index in [0.717, 1.165) is 44.5 Å². The van der Waals surface area contributed by atoms with E-state index in [-0.39, 0.29) is 0 Å². The molecule has 3 aromatic rings. The second kappa shape index (κ2) is 9.20. The van der Waals surface area contributed by atoms with Crippen LogP contribution in [0.25, 0.3) is 10.6 Å². The second-order valence-corrected chi connectivity index (χ2v) is 8.36. The summed E-state index contributed by atoms with van der Waals surface area (Å²) in [4.78, 5) is 4.72. The van der Waals surface area contributed by atoms with Crippen LogP contribution in [-0.4, -0.2) is 35.9 Å². The number of hydrogen-bond donors (Lipinski definition) is 1. The highest BCUT2D eigenvalue weighted by Crippen LogP contribution is 2.35. The zero-order valence-corrected chi connectivity index (χ0v) is 17.3. The highest BCUT2D eigenvalue weighted by atomic mass is 32.2. The molecular weight excluding hydrogens is 388 g/mol. The van der Waals surface area contributed by atoms with E-state index < -0.39 is 0 Å². The predicted molar refractivity (Wildman–Crippen MR) is 109 cm³/mol. The molecular formula is C17H20N4O2S3. The summed E-state index contributed by atoms with van der Waals surface area (Å²) in [6.45, 7) is 3.04. The lowest BCUT2D eigenvalue weighted by molar-refractivity contribution is 0.355. The largest absolute Gasteiger partial charge is 0.493 e. The zero-order valence-electron chi connectivity index (χ0n) is 14.8. The average molecular weight is 409 g/mol. The van der Waals surface area contributed by atoms with Gasteiger partial charge in [-0.3, -0.25) is 0 Å². The molecule has 0 aliphatic rings. The van der Waals surface area contributed by atoms with E-state index in [1.165, 1.54) is 0 Å². The molecule has 138 valence electrons. The number of benzene rings is 1. The Morgan fingerprint density at radius 2 is 2.00 bits per heavy atom. The van der Waals surface area contributed by atoms with Gasteiger partial charge in [-0.1, -0.05) is 30.0 Å². The Labute approximate surface area is 165 Å². The van der Waals surface area contributed by atoms with Crippen molar-refractivity contribution in [3.8, 4) is 22.1 Å². The Bertz CT molecular complexity index is 850. The molecule has 0 amide bonds. The molecule has 0 atom stereocenters. The van der Waals surface area contributed by atoms with E-state index in [9.17, 15) is 0 Å². The first-order chi connectivity index (χ1) is 12.7. The summed E-state index contributed by atoms with van der Waals surface area (Å²) < 4.78 is 11.6. The van der Waals surface area contributed by atoms with Gasteiger partial charge in [0.1, 0.15) is 5.01 Å². The number of thioether (sulfide) groups is 1. The van der Waals surface area contributed by atoms with Gasteiger partial charge in [-0.25, -0.2) is 4.98 Å². The Hall–Kier alpha value is -1.84. The molecule has 0 aliphatic heterocycles. The smallest absolute Gasteiger partial charge is 0.206 e. The molecule has 0 bridgehead atoms. The number of aromatic nitrogens is 3. The van der Waals surface area contributed by atoms with Gasteiger partial charge in [-0.05, 0) is 24.6 Å². The first-order valence-corrected chi connectivity index (χ1v) is 10.8. The van der Waals surface area contributed by atoms with Crippen molar-refractivity contribution in [1.82, 2.24) is 15.2 Å². The number of nitrogens with one attached hydrogen (secondary N) is 1. The third kappa shape index (κ3) is 4.66. The zero-order chi connectivity index (χ0) is 18.4. The first-order valence-electron chi connectivity index (χ1n) is 8.10. The van der Waals surface area contributed by atoms with E-state index in [4.69, 9.17) is 14.5 Å². The van der Waals surface area contributed by atoms with Gasteiger partial charge in [0, 0.05) is 23.2 Å². The number of ether oxygens (including phenoxy) is 2. The molecule has 0 radical (unpaired) electrons. The van der Waals surface area contributed by atoms with E-state index in [2.05, 4.69) is 27.8 Å². The van der Waals surface area contributed by atoms with Crippen LogP contribution in [0.15, 0.2) is 27.9 Å². The summed E-state index contributed by atoms with van der Waals surface area (Å²) in [6, 6.07) is 5.84. The van der Waals surface area contributed by atoms with Crippen molar-refractivity contribution in [3.63, 3.8) is 0 Å². The fourth-order valence-corrected chi connectivity index (χ4v) is 4.77. The maximum atomic E-state index is 5.37. The molecule has 2 aromatic heterocycles. The molecule has 9 heteroatoms. The van der Waals surface area contributed by atoms with Crippen LogP contribution in [-0.2, 0) is 5.75 Å². The van der Waals surface area contributed by atoms with Crippen LogP contribution in [0, 0.1) is 0 Å². The topological polar surface area (TPSA) is 69.2 Å². The Balaban J connectivity index is 1.64. The van der Waals surface area contributed by atoms with Crippen LogP contribution in [0.4, 0.5) is 5.13 Å². The molecule has 6 nitrogen and oxygen atoms in total. The summed E-state index contributed by atoms with van der Waals surface area (Å²) in [7, 11) is 3.27. The van der Waals surface area contributed by atoms with Gasteiger partial charge in [0.15, 0.2) is 15.8 Å². The number of thiazole rings is 1. The molecule has 1 N–H and O–H groups in total. The van der Waals surface area contributed by atoms with Crippen LogP contribution < -0.4 is 14.8 Å².